The summed E-state index contributed by atoms with van der Waals surface area (Å²) in [6.45, 7) is 5.74. The fraction of sp³-hybridized carbons (Fsp3) is 0.714. The Bertz CT molecular complexity index is 141. The van der Waals surface area contributed by atoms with Crippen LogP contribution in [0.1, 0.15) is 19.8 Å². The molecule has 0 aromatic heterocycles. The first-order valence-electron chi connectivity index (χ1n) is 3.38. The van der Waals surface area contributed by atoms with Crippen LogP contribution in [-0.4, -0.2) is 17.3 Å². The zero-order valence-corrected chi connectivity index (χ0v) is 6.18. The minimum Gasteiger partial charge on any atom is -0.387 e. The number of hydroxylamine groups is 1. The summed E-state index contributed by atoms with van der Waals surface area (Å²) in [7, 11) is 0. The summed E-state index contributed by atoms with van der Waals surface area (Å²) in [6, 6.07) is 0. The first-order valence-corrected chi connectivity index (χ1v) is 3.38. The number of aliphatic hydroxyl groups is 1. The first-order chi connectivity index (χ1) is 4.62. The van der Waals surface area contributed by atoms with Crippen LogP contribution in [0.15, 0.2) is 12.3 Å². The summed E-state index contributed by atoms with van der Waals surface area (Å²) >= 11 is 0. The van der Waals surface area contributed by atoms with E-state index in [0.717, 1.165) is 18.5 Å². The molecule has 0 radical (unpaired) electrons. The van der Waals surface area contributed by atoms with Crippen molar-refractivity contribution < 1.29 is 9.94 Å². The highest BCUT2D eigenvalue weighted by Crippen LogP contribution is 2.34. The van der Waals surface area contributed by atoms with Crippen molar-refractivity contribution >= 4 is 0 Å². The average Bonchev–Trinajstić information content (AvgIpc) is 2.47. The predicted molar refractivity (Wildman–Crippen MR) is 38.1 cm³/mol. The molecule has 3 nitrogen and oxygen atoms in total. The Hall–Kier alpha value is -0.540. The molecule has 0 aromatic carbocycles. The number of allylic oxidation sites excluding steroid dienone is 1. The molecule has 0 spiro atoms. The summed E-state index contributed by atoms with van der Waals surface area (Å²) in [6.07, 6.45) is 1.70. The van der Waals surface area contributed by atoms with Crippen LogP contribution in [0, 0.1) is 0 Å². The molecule has 0 heterocycles. The van der Waals surface area contributed by atoms with Crippen molar-refractivity contribution in [2.24, 2.45) is 0 Å². The van der Waals surface area contributed by atoms with Crippen molar-refractivity contribution in [3.63, 3.8) is 0 Å². The number of hydrogen-bond acceptors (Lipinski definition) is 3. The van der Waals surface area contributed by atoms with E-state index in [4.69, 9.17) is 4.84 Å². The molecule has 1 saturated carbocycles. The van der Waals surface area contributed by atoms with Crippen molar-refractivity contribution in [2.75, 3.05) is 6.61 Å². The average molecular weight is 143 g/mol. The molecular formula is C7H13NO2. The highest BCUT2D eigenvalue weighted by molar-refractivity contribution is 4.93. The third-order valence-corrected chi connectivity index (χ3v) is 1.41. The molecule has 0 unspecified atom stereocenters. The quantitative estimate of drug-likeness (QED) is 0.565. The number of hydrogen-bond donors (Lipinski definition) is 2. The lowest BCUT2D eigenvalue weighted by atomic mass is 10.4. The normalized spacial score (nSPS) is 20.2. The monoisotopic (exact) mass is 143 g/mol. The van der Waals surface area contributed by atoms with Gasteiger partial charge in [0, 0.05) is 5.70 Å². The summed E-state index contributed by atoms with van der Waals surface area (Å²) < 4.78 is 0. The molecule has 1 aliphatic rings. The van der Waals surface area contributed by atoms with Crippen LogP contribution in [0.4, 0.5) is 0 Å². The molecule has 0 amide bonds. The van der Waals surface area contributed by atoms with E-state index in [2.05, 4.69) is 12.1 Å². The van der Waals surface area contributed by atoms with E-state index in [1.807, 2.05) is 0 Å². The van der Waals surface area contributed by atoms with Gasteiger partial charge in [0.15, 0.2) is 0 Å². The van der Waals surface area contributed by atoms with Crippen LogP contribution < -0.4 is 5.48 Å². The minimum absolute atomic E-state index is 0.361. The molecule has 3 heteroatoms. The third-order valence-electron chi connectivity index (χ3n) is 1.41. The van der Waals surface area contributed by atoms with Crippen molar-refractivity contribution in [1.82, 2.24) is 5.48 Å². The summed E-state index contributed by atoms with van der Waals surface area (Å²) in [5.41, 5.74) is 2.80. The van der Waals surface area contributed by atoms with Gasteiger partial charge in [0.1, 0.15) is 6.61 Å². The van der Waals surface area contributed by atoms with Crippen LogP contribution >= 0.6 is 0 Å². The maximum atomic E-state index is 9.25. The van der Waals surface area contributed by atoms with Crippen molar-refractivity contribution in [3.05, 3.63) is 12.3 Å². The van der Waals surface area contributed by atoms with E-state index in [1.54, 1.807) is 6.92 Å². The molecule has 1 fully saturated rings. The van der Waals surface area contributed by atoms with Crippen LogP contribution in [0.5, 0.6) is 0 Å². The number of nitrogens with one attached hydrogen (secondary N) is 1. The second kappa shape index (κ2) is 2.60. The fourth-order valence-corrected chi connectivity index (χ4v) is 0.582. The molecule has 10 heavy (non-hydrogen) atoms. The largest absolute Gasteiger partial charge is 0.387 e. The molecule has 58 valence electrons. The van der Waals surface area contributed by atoms with Gasteiger partial charge in [-0.15, -0.1) is 0 Å². The van der Waals surface area contributed by atoms with Crippen LogP contribution in [0.3, 0.4) is 0 Å². The highest BCUT2D eigenvalue weighted by atomic mass is 16.7. The second-order valence-electron chi connectivity index (χ2n) is 2.90. The summed E-state index contributed by atoms with van der Waals surface area (Å²) in [4.78, 5) is 4.92. The van der Waals surface area contributed by atoms with Gasteiger partial charge in [-0.2, -0.15) is 0 Å². The van der Waals surface area contributed by atoms with Gasteiger partial charge in [-0.05, 0) is 19.8 Å². The summed E-state index contributed by atoms with van der Waals surface area (Å²) in [5.74, 6) is 0. The molecule has 0 saturated heterocycles. The van der Waals surface area contributed by atoms with E-state index >= 15 is 0 Å². The Kier molecular flexibility index (Phi) is 1.97. The number of rotatable bonds is 4. The van der Waals surface area contributed by atoms with Gasteiger partial charge in [-0.3, -0.25) is 10.3 Å². The molecule has 0 aromatic rings. The van der Waals surface area contributed by atoms with Gasteiger partial charge in [0.05, 0.1) is 5.60 Å². The van der Waals surface area contributed by atoms with E-state index in [9.17, 15) is 5.11 Å². The fourth-order valence-electron chi connectivity index (χ4n) is 0.582. The van der Waals surface area contributed by atoms with E-state index < -0.39 is 5.60 Å². The first kappa shape index (κ1) is 7.57. The van der Waals surface area contributed by atoms with Gasteiger partial charge in [-0.1, -0.05) is 6.58 Å². The Labute approximate surface area is 60.6 Å². The predicted octanol–water partition coefficient (Wildman–Crippen LogP) is 0.566. The molecule has 0 aliphatic heterocycles. The Balaban J connectivity index is 2.00. The second-order valence-corrected chi connectivity index (χ2v) is 2.90. The highest BCUT2D eigenvalue weighted by Gasteiger charge is 2.40. The lowest BCUT2D eigenvalue weighted by Crippen LogP contribution is -2.22. The Morgan fingerprint density at radius 2 is 2.40 bits per heavy atom. The standard InChI is InChI=1S/C7H13NO2/c1-6(2)8-10-5-7(9)3-4-7/h8-9H,1,3-5H2,2H3. The van der Waals surface area contributed by atoms with E-state index in [0.29, 0.717) is 6.61 Å². The lowest BCUT2D eigenvalue weighted by molar-refractivity contribution is -0.0182. The summed E-state index contributed by atoms with van der Waals surface area (Å²) in [5, 5.41) is 9.25. The van der Waals surface area contributed by atoms with Crippen LogP contribution in [0.2, 0.25) is 0 Å². The van der Waals surface area contributed by atoms with Crippen LogP contribution in [-0.2, 0) is 4.84 Å². The Morgan fingerprint density at radius 3 is 2.80 bits per heavy atom. The molecule has 0 bridgehead atoms. The molecule has 1 aliphatic carbocycles. The molecular weight excluding hydrogens is 130 g/mol. The molecule has 2 N–H and O–H groups in total. The van der Waals surface area contributed by atoms with Crippen LogP contribution in [0.25, 0.3) is 0 Å². The SMILES string of the molecule is C=C(C)NOCC1(O)CC1. The Morgan fingerprint density at radius 1 is 1.80 bits per heavy atom. The van der Waals surface area contributed by atoms with E-state index in [1.165, 1.54) is 0 Å². The third kappa shape index (κ3) is 2.37. The van der Waals surface area contributed by atoms with Gasteiger partial charge in [-0.25, -0.2) is 0 Å². The zero-order valence-electron chi connectivity index (χ0n) is 6.18. The van der Waals surface area contributed by atoms with Gasteiger partial charge in [0.25, 0.3) is 0 Å². The van der Waals surface area contributed by atoms with Gasteiger partial charge in [0.2, 0.25) is 0 Å². The van der Waals surface area contributed by atoms with Gasteiger partial charge < -0.3 is 5.11 Å². The maximum absolute atomic E-state index is 9.25. The molecule has 1 rings (SSSR count). The maximum Gasteiger partial charge on any atom is 0.103 e. The van der Waals surface area contributed by atoms with Gasteiger partial charge >= 0.3 is 0 Å². The molecule has 0 atom stereocenters. The van der Waals surface area contributed by atoms with Crippen molar-refractivity contribution in [3.8, 4) is 0 Å². The zero-order chi connectivity index (χ0) is 7.61. The van der Waals surface area contributed by atoms with Crippen molar-refractivity contribution in [2.45, 2.75) is 25.4 Å². The topological polar surface area (TPSA) is 41.5 Å². The minimum atomic E-state index is -0.539. The van der Waals surface area contributed by atoms with E-state index in [-0.39, 0.29) is 0 Å². The van der Waals surface area contributed by atoms with Crippen molar-refractivity contribution in [1.29, 1.82) is 0 Å². The lowest BCUT2D eigenvalue weighted by Gasteiger charge is -2.08. The smallest absolute Gasteiger partial charge is 0.103 e.